The molecule has 0 saturated heterocycles. The Kier molecular flexibility index (Phi) is 3.99. The SMILES string of the molecule is CCOc1nc(NCC(C)(C)C)ccc1N. The number of hydrogen-bond acceptors (Lipinski definition) is 4. The van der Waals surface area contributed by atoms with Crippen LogP contribution in [0.25, 0.3) is 0 Å². The van der Waals surface area contributed by atoms with Crippen molar-refractivity contribution in [1.82, 2.24) is 4.98 Å². The van der Waals surface area contributed by atoms with Crippen molar-refractivity contribution in [2.75, 3.05) is 24.2 Å². The summed E-state index contributed by atoms with van der Waals surface area (Å²) >= 11 is 0. The first-order valence-corrected chi connectivity index (χ1v) is 5.55. The van der Waals surface area contributed by atoms with Crippen LogP contribution in [0.4, 0.5) is 11.5 Å². The summed E-state index contributed by atoms with van der Waals surface area (Å²) in [7, 11) is 0. The van der Waals surface area contributed by atoms with E-state index in [0.717, 1.165) is 12.4 Å². The molecule has 4 nitrogen and oxygen atoms in total. The summed E-state index contributed by atoms with van der Waals surface area (Å²) in [5.74, 6) is 1.30. The van der Waals surface area contributed by atoms with Crippen LogP contribution < -0.4 is 15.8 Å². The standard InChI is InChI=1S/C12H21N3O/c1-5-16-11-9(13)6-7-10(15-11)14-8-12(2,3)4/h6-7H,5,8,13H2,1-4H3,(H,14,15). The molecule has 90 valence electrons. The minimum absolute atomic E-state index is 0.217. The highest BCUT2D eigenvalue weighted by Gasteiger charge is 2.10. The molecule has 0 aromatic carbocycles. The van der Waals surface area contributed by atoms with Crippen molar-refractivity contribution < 1.29 is 4.74 Å². The highest BCUT2D eigenvalue weighted by Crippen LogP contribution is 2.22. The average Bonchev–Trinajstić information content (AvgIpc) is 2.18. The van der Waals surface area contributed by atoms with Crippen molar-refractivity contribution in [2.45, 2.75) is 27.7 Å². The van der Waals surface area contributed by atoms with Gasteiger partial charge in [0.15, 0.2) is 0 Å². The van der Waals surface area contributed by atoms with E-state index in [1.165, 1.54) is 0 Å². The molecule has 1 rings (SSSR count). The fraction of sp³-hybridized carbons (Fsp3) is 0.583. The van der Waals surface area contributed by atoms with Gasteiger partial charge in [-0.05, 0) is 24.5 Å². The number of nitrogen functional groups attached to an aromatic ring is 1. The molecule has 0 bridgehead atoms. The molecule has 1 aromatic rings. The Bertz CT molecular complexity index is 345. The van der Waals surface area contributed by atoms with Gasteiger partial charge < -0.3 is 15.8 Å². The Balaban J connectivity index is 2.71. The number of nitrogens with zero attached hydrogens (tertiary/aromatic N) is 1. The highest BCUT2D eigenvalue weighted by atomic mass is 16.5. The number of nitrogens with two attached hydrogens (primary N) is 1. The van der Waals surface area contributed by atoms with Gasteiger partial charge in [-0.3, -0.25) is 0 Å². The molecule has 3 N–H and O–H groups in total. The van der Waals surface area contributed by atoms with Gasteiger partial charge in [0.1, 0.15) is 5.82 Å². The van der Waals surface area contributed by atoms with Gasteiger partial charge in [-0.2, -0.15) is 4.98 Å². The second kappa shape index (κ2) is 5.05. The van der Waals surface area contributed by atoms with Crippen molar-refractivity contribution in [1.29, 1.82) is 0 Å². The predicted octanol–water partition coefficient (Wildman–Crippen LogP) is 2.52. The molecule has 0 atom stereocenters. The lowest BCUT2D eigenvalue weighted by atomic mass is 9.97. The van der Waals surface area contributed by atoms with Gasteiger partial charge in [0, 0.05) is 6.54 Å². The van der Waals surface area contributed by atoms with E-state index in [0.29, 0.717) is 18.2 Å². The third kappa shape index (κ3) is 3.96. The Morgan fingerprint density at radius 1 is 1.38 bits per heavy atom. The average molecular weight is 223 g/mol. The van der Waals surface area contributed by atoms with E-state index >= 15 is 0 Å². The number of anilines is 2. The van der Waals surface area contributed by atoms with Crippen LogP contribution in [-0.4, -0.2) is 18.1 Å². The van der Waals surface area contributed by atoms with Crippen LogP contribution in [-0.2, 0) is 0 Å². The van der Waals surface area contributed by atoms with E-state index in [4.69, 9.17) is 10.5 Å². The monoisotopic (exact) mass is 223 g/mol. The zero-order valence-electron chi connectivity index (χ0n) is 10.5. The lowest BCUT2D eigenvalue weighted by molar-refractivity contribution is 0.329. The van der Waals surface area contributed by atoms with E-state index in [-0.39, 0.29) is 5.41 Å². The smallest absolute Gasteiger partial charge is 0.239 e. The zero-order chi connectivity index (χ0) is 12.2. The first kappa shape index (κ1) is 12.6. The van der Waals surface area contributed by atoms with E-state index in [9.17, 15) is 0 Å². The van der Waals surface area contributed by atoms with Gasteiger partial charge in [-0.25, -0.2) is 0 Å². The van der Waals surface area contributed by atoms with Crippen LogP contribution in [0.15, 0.2) is 12.1 Å². The predicted molar refractivity (Wildman–Crippen MR) is 67.8 cm³/mol. The zero-order valence-corrected chi connectivity index (χ0v) is 10.5. The summed E-state index contributed by atoms with van der Waals surface area (Å²) in [6.45, 7) is 9.84. The first-order valence-electron chi connectivity index (χ1n) is 5.55. The summed E-state index contributed by atoms with van der Waals surface area (Å²) in [4.78, 5) is 4.31. The Labute approximate surface area is 97.2 Å². The maximum absolute atomic E-state index is 5.74. The quantitative estimate of drug-likeness (QED) is 0.823. The molecule has 4 heteroatoms. The second-order valence-electron chi connectivity index (χ2n) is 4.94. The molecule has 0 amide bonds. The molecule has 0 fully saturated rings. The van der Waals surface area contributed by atoms with Crippen LogP contribution in [0, 0.1) is 5.41 Å². The van der Waals surface area contributed by atoms with E-state index in [1.807, 2.05) is 19.1 Å². The number of aromatic nitrogens is 1. The summed E-state index contributed by atoms with van der Waals surface area (Å²) < 4.78 is 5.33. The number of ether oxygens (including phenoxy) is 1. The fourth-order valence-electron chi connectivity index (χ4n) is 1.16. The van der Waals surface area contributed by atoms with Gasteiger partial charge in [-0.15, -0.1) is 0 Å². The number of rotatable bonds is 4. The van der Waals surface area contributed by atoms with Crippen LogP contribution in [0.5, 0.6) is 5.88 Å². The van der Waals surface area contributed by atoms with Gasteiger partial charge in [0.05, 0.1) is 12.3 Å². The topological polar surface area (TPSA) is 60.2 Å². The van der Waals surface area contributed by atoms with Crippen LogP contribution >= 0.6 is 0 Å². The second-order valence-corrected chi connectivity index (χ2v) is 4.94. The maximum Gasteiger partial charge on any atom is 0.239 e. The summed E-state index contributed by atoms with van der Waals surface area (Å²) in [5.41, 5.74) is 6.53. The molecule has 0 unspecified atom stereocenters. The maximum atomic E-state index is 5.74. The first-order chi connectivity index (χ1) is 7.42. The Morgan fingerprint density at radius 3 is 2.62 bits per heavy atom. The molecule has 0 aliphatic rings. The lowest BCUT2D eigenvalue weighted by Crippen LogP contribution is -2.19. The van der Waals surface area contributed by atoms with Gasteiger partial charge in [0.2, 0.25) is 5.88 Å². The normalized spacial score (nSPS) is 11.2. The van der Waals surface area contributed by atoms with E-state index in [2.05, 4.69) is 31.1 Å². The van der Waals surface area contributed by atoms with Crippen molar-refractivity contribution in [3.63, 3.8) is 0 Å². The van der Waals surface area contributed by atoms with Crippen molar-refractivity contribution in [3.05, 3.63) is 12.1 Å². The molecule has 0 radical (unpaired) electrons. The molecule has 16 heavy (non-hydrogen) atoms. The van der Waals surface area contributed by atoms with Crippen LogP contribution in [0.2, 0.25) is 0 Å². The Morgan fingerprint density at radius 2 is 2.06 bits per heavy atom. The largest absolute Gasteiger partial charge is 0.476 e. The highest BCUT2D eigenvalue weighted by molar-refractivity contribution is 5.53. The molecular formula is C12H21N3O. The Hall–Kier alpha value is -1.45. The third-order valence-corrected chi connectivity index (χ3v) is 1.97. The number of pyridine rings is 1. The van der Waals surface area contributed by atoms with Crippen LogP contribution in [0.3, 0.4) is 0 Å². The van der Waals surface area contributed by atoms with Crippen molar-refractivity contribution in [2.24, 2.45) is 5.41 Å². The van der Waals surface area contributed by atoms with Gasteiger partial charge in [0.25, 0.3) is 0 Å². The number of hydrogen-bond donors (Lipinski definition) is 2. The van der Waals surface area contributed by atoms with Gasteiger partial charge >= 0.3 is 0 Å². The van der Waals surface area contributed by atoms with E-state index in [1.54, 1.807) is 0 Å². The summed E-state index contributed by atoms with van der Waals surface area (Å²) in [5, 5.41) is 3.26. The lowest BCUT2D eigenvalue weighted by Gasteiger charge is -2.19. The minimum Gasteiger partial charge on any atom is -0.476 e. The molecular weight excluding hydrogens is 202 g/mol. The fourth-order valence-corrected chi connectivity index (χ4v) is 1.16. The third-order valence-electron chi connectivity index (χ3n) is 1.97. The molecule has 1 aromatic heterocycles. The van der Waals surface area contributed by atoms with Crippen LogP contribution in [0.1, 0.15) is 27.7 Å². The van der Waals surface area contributed by atoms with Crippen molar-refractivity contribution in [3.8, 4) is 5.88 Å². The summed E-state index contributed by atoms with van der Waals surface area (Å²) in [6.07, 6.45) is 0. The van der Waals surface area contributed by atoms with Gasteiger partial charge in [-0.1, -0.05) is 20.8 Å². The molecule has 0 spiro atoms. The molecule has 0 aliphatic heterocycles. The summed E-state index contributed by atoms with van der Waals surface area (Å²) in [6, 6.07) is 3.67. The molecule has 0 saturated carbocycles. The van der Waals surface area contributed by atoms with E-state index < -0.39 is 0 Å². The molecule has 0 aliphatic carbocycles. The molecule has 1 heterocycles. The minimum atomic E-state index is 0.217. The number of nitrogens with one attached hydrogen (secondary N) is 1. The van der Waals surface area contributed by atoms with Crippen molar-refractivity contribution >= 4 is 11.5 Å².